The van der Waals surface area contributed by atoms with Crippen LogP contribution in [0.3, 0.4) is 0 Å². The highest BCUT2D eigenvalue weighted by molar-refractivity contribution is 8.23. The predicted octanol–water partition coefficient (Wildman–Crippen LogP) is 4.67. The van der Waals surface area contributed by atoms with E-state index in [1.165, 1.54) is 11.8 Å². The molecule has 2 aromatic carbocycles. The number of carbonyl (C=O) groups excluding carboxylic acids is 3. The fourth-order valence-electron chi connectivity index (χ4n) is 3.86. The molecule has 0 bridgehead atoms. The van der Waals surface area contributed by atoms with Crippen LogP contribution >= 0.6 is 47.2 Å². The van der Waals surface area contributed by atoms with Gasteiger partial charge in [-0.2, -0.15) is 0 Å². The average Bonchev–Trinajstić information content (AvgIpc) is 3.08. The number of hydrogen-bond acceptors (Lipinski definition) is 6. The summed E-state index contributed by atoms with van der Waals surface area (Å²) in [6.45, 7) is 4.50. The second-order valence-electron chi connectivity index (χ2n) is 7.79. The van der Waals surface area contributed by atoms with Crippen LogP contribution in [0, 0.1) is 0 Å². The van der Waals surface area contributed by atoms with E-state index in [0.29, 0.717) is 28.7 Å². The van der Waals surface area contributed by atoms with Crippen LogP contribution < -0.4 is 9.80 Å². The Morgan fingerprint density at radius 3 is 2.33 bits per heavy atom. The molecule has 6 nitrogen and oxygen atoms in total. The zero-order valence-corrected chi connectivity index (χ0v) is 20.9. The van der Waals surface area contributed by atoms with Crippen LogP contribution in [0.4, 0.5) is 11.4 Å². The van der Waals surface area contributed by atoms with E-state index in [1.54, 1.807) is 25.1 Å². The average molecular weight is 522 g/mol. The maximum Gasteiger partial charge on any atom is 0.247 e. The normalized spacial score (nSPS) is 18.8. The summed E-state index contributed by atoms with van der Waals surface area (Å²) in [5.41, 5.74) is 2.06. The third-order valence-electron chi connectivity index (χ3n) is 5.70. The molecule has 2 fully saturated rings. The Balaban J connectivity index is 1.35. The maximum absolute atomic E-state index is 13.0. The molecule has 172 valence electrons. The first-order valence-electron chi connectivity index (χ1n) is 10.4. The highest BCUT2D eigenvalue weighted by Gasteiger charge is 2.42. The van der Waals surface area contributed by atoms with Crippen molar-refractivity contribution in [2.75, 3.05) is 36.0 Å². The lowest BCUT2D eigenvalue weighted by Crippen LogP contribution is -2.48. The SMILES string of the molecule is CC(=O)c1ccc(N2CCN(C(=S)SC3CC(=O)N(c4cccc(Cl)c4Cl)C3=O)CC2)cc1. The van der Waals surface area contributed by atoms with E-state index in [4.69, 9.17) is 35.4 Å². The number of amides is 2. The van der Waals surface area contributed by atoms with Gasteiger partial charge in [-0.25, -0.2) is 4.90 Å². The molecule has 1 unspecified atom stereocenters. The number of thiocarbonyl (C=S) groups is 1. The minimum atomic E-state index is -0.586. The molecule has 4 rings (SSSR count). The van der Waals surface area contributed by atoms with Gasteiger partial charge in [-0.3, -0.25) is 14.4 Å². The monoisotopic (exact) mass is 521 g/mol. The van der Waals surface area contributed by atoms with Crippen molar-refractivity contribution in [3.63, 3.8) is 0 Å². The van der Waals surface area contributed by atoms with Crippen molar-refractivity contribution in [2.24, 2.45) is 0 Å². The predicted molar refractivity (Wildman–Crippen MR) is 138 cm³/mol. The van der Waals surface area contributed by atoms with Crippen molar-refractivity contribution in [3.05, 3.63) is 58.1 Å². The van der Waals surface area contributed by atoms with Gasteiger partial charge in [0.15, 0.2) is 5.78 Å². The molecule has 0 N–H and O–H groups in total. The van der Waals surface area contributed by atoms with E-state index in [1.807, 2.05) is 24.3 Å². The molecule has 0 aromatic heterocycles. The van der Waals surface area contributed by atoms with Crippen molar-refractivity contribution in [1.82, 2.24) is 4.90 Å². The fraction of sp³-hybridized carbons (Fsp3) is 0.304. The number of anilines is 2. The Morgan fingerprint density at radius 1 is 1.03 bits per heavy atom. The van der Waals surface area contributed by atoms with Crippen LogP contribution in [-0.2, 0) is 9.59 Å². The van der Waals surface area contributed by atoms with Crippen LogP contribution in [0.15, 0.2) is 42.5 Å². The maximum atomic E-state index is 13.0. The molecule has 33 heavy (non-hydrogen) atoms. The molecular weight excluding hydrogens is 501 g/mol. The van der Waals surface area contributed by atoms with Crippen LogP contribution in [0.2, 0.25) is 10.0 Å². The van der Waals surface area contributed by atoms with Crippen molar-refractivity contribution in [3.8, 4) is 0 Å². The van der Waals surface area contributed by atoms with E-state index in [2.05, 4.69) is 9.80 Å². The van der Waals surface area contributed by atoms with Gasteiger partial charge in [0.25, 0.3) is 0 Å². The van der Waals surface area contributed by atoms with Crippen LogP contribution in [0.25, 0.3) is 0 Å². The molecule has 0 aliphatic carbocycles. The molecule has 2 heterocycles. The highest BCUT2D eigenvalue weighted by atomic mass is 35.5. The molecule has 2 aromatic rings. The minimum absolute atomic E-state index is 0.0462. The molecule has 2 saturated heterocycles. The largest absolute Gasteiger partial charge is 0.368 e. The third kappa shape index (κ3) is 5.04. The van der Waals surface area contributed by atoms with E-state index >= 15 is 0 Å². The summed E-state index contributed by atoms with van der Waals surface area (Å²) < 4.78 is 0.603. The first kappa shape index (κ1) is 24.0. The third-order valence-corrected chi connectivity index (χ3v) is 8.17. The zero-order chi connectivity index (χ0) is 23.7. The first-order valence-corrected chi connectivity index (χ1v) is 12.4. The number of imide groups is 1. The highest BCUT2D eigenvalue weighted by Crippen LogP contribution is 2.37. The fourth-order valence-corrected chi connectivity index (χ4v) is 5.78. The van der Waals surface area contributed by atoms with Crippen LogP contribution in [-0.4, -0.2) is 58.2 Å². The van der Waals surface area contributed by atoms with Crippen LogP contribution in [0.5, 0.6) is 0 Å². The number of benzene rings is 2. The molecule has 10 heteroatoms. The van der Waals surface area contributed by atoms with Gasteiger partial charge in [0.05, 0.1) is 15.7 Å². The number of carbonyl (C=O) groups is 3. The lowest BCUT2D eigenvalue weighted by molar-refractivity contribution is -0.121. The molecule has 0 saturated carbocycles. The molecule has 2 aliphatic rings. The zero-order valence-electron chi connectivity index (χ0n) is 17.8. The van der Waals surface area contributed by atoms with Crippen molar-refractivity contribution < 1.29 is 14.4 Å². The smallest absolute Gasteiger partial charge is 0.247 e. The Kier molecular flexibility index (Phi) is 7.28. The summed E-state index contributed by atoms with van der Waals surface area (Å²) in [5, 5.41) is -0.117. The Morgan fingerprint density at radius 2 is 1.70 bits per heavy atom. The number of ketones is 1. The van der Waals surface area contributed by atoms with Gasteiger partial charge in [-0.15, -0.1) is 0 Å². The van der Waals surface area contributed by atoms with E-state index in [-0.39, 0.29) is 34.1 Å². The number of thioether (sulfide) groups is 1. The van der Waals surface area contributed by atoms with E-state index < -0.39 is 5.25 Å². The topological polar surface area (TPSA) is 60.9 Å². The summed E-state index contributed by atoms with van der Waals surface area (Å²) in [6, 6.07) is 12.5. The number of rotatable bonds is 4. The second-order valence-corrected chi connectivity index (χ2v) is 10.4. The lowest BCUT2D eigenvalue weighted by Gasteiger charge is -2.37. The summed E-state index contributed by atoms with van der Waals surface area (Å²) in [4.78, 5) is 42.5. The number of hydrogen-bond donors (Lipinski definition) is 0. The van der Waals surface area contributed by atoms with Crippen molar-refractivity contribution >= 4 is 80.5 Å². The standard InChI is InChI=1S/C23H21Cl2N3O3S2/c1-14(29)15-5-7-16(8-6-15)26-9-11-27(12-10-26)23(32)33-19-13-20(30)28(22(19)31)18-4-2-3-17(24)21(18)25/h2-8,19H,9-13H2,1H3. The van der Waals surface area contributed by atoms with Gasteiger partial charge in [-0.1, -0.05) is 53.2 Å². The molecule has 2 amide bonds. The second kappa shape index (κ2) is 10.0. The van der Waals surface area contributed by atoms with Gasteiger partial charge in [0, 0.05) is 43.9 Å². The van der Waals surface area contributed by atoms with Gasteiger partial charge in [-0.05, 0) is 43.3 Å². The number of nitrogens with zero attached hydrogens (tertiary/aromatic N) is 3. The lowest BCUT2D eigenvalue weighted by atomic mass is 10.1. The molecule has 0 spiro atoms. The molecule has 0 radical (unpaired) electrons. The Bertz CT molecular complexity index is 1120. The van der Waals surface area contributed by atoms with Gasteiger partial charge >= 0.3 is 0 Å². The molecule has 1 atom stereocenters. The summed E-state index contributed by atoms with van der Waals surface area (Å²) >= 11 is 19.1. The Hall–Kier alpha value is -2.13. The summed E-state index contributed by atoms with van der Waals surface area (Å²) in [6.07, 6.45) is 0.0644. The van der Waals surface area contributed by atoms with Gasteiger partial charge in [0.2, 0.25) is 11.8 Å². The van der Waals surface area contributed by atoms with Crippen LogP contribution in [0.1, 0.15) is 23.7 Å². The number of piperazine rings is 1. The number of halogens is 2. The first-order chi connectivity index (χ1) is 15.8. The summed E-state index contributed by atoms with van der Waals surface area (Å²) in [7, 11) is 0. The molecular formula is C23H21Cl2N3O3S2. The van der Waals surface area contributed by atoms with Crippen molar-refractivity contribution in [2.45, 2.75) is 18.6 Å². The van der Waals surface area contributed by atoms with Gasteiger partial charge in [0.1, 0.15) is 9.57 Å². The van der Waals surface area contributed by atoms with E-state index in [9.17, 15) is 14.4 Å². The molecule has 2 aliphatic heterocycles. The van der Waals surface area contributed by atoms with Crippen molar-refractivity contribution in [1.29, 1.82) is 0 Å². The minimum Gasteiger partial charge on any atom is -0.368 e. The van der Waals surface area contributed by atoms with Gasteiger partial charge < -0.3 is 9.80 Å². The number of Topliss-reactive ketones (excluding diaryl/α,β-unsaturated/α-hetero) is 1. The van der Waals surface area contributed by atoms with E-state index in [0.717, 1.165) is 23.7 Å². The Labute approximate surface area is 211 Å². The quantitative estimate of drug-likeness (QED) is 0.329. The summed E-state index contributed by atoms with van der Waals surface area (Å²) in [5.74, 6) is -0.603.